The van der Waals surface area contributed by atoms with Crippen molar-refractivity contribution in [3.05, 3.63) is 35.4 Å². The van der Waals surface area contributed by atoms with Gasteiger partial charge in [0.25, 0.3) is 0 Å². The minimum absolute atomic E-state index is 0.114. The summed E-state index contributed by atoms with van der Waals surface area (Å²) in [7, 11) is 0. The molecule has 1 aliphatic rings. The fourth-order valence-corrected chi connectivity index (χ4v) is 3.37. The molecular weight excluding hydrogens is 317 g/mol. The van der Waals surface area contributed by atoms with Crippen molar-refractivity contribution in [2.75, 3.05) is 26.2 Å². The first kappa shape index (κ1) is 18.8. The van der Waals surface area contributed by atoms with Gasteiger partial charge in [0.1, 0.15) is 0 Å². The zero-order valence-electron chi connectivity index (χ0n) is 14.3. The summed E-state index contributed by atoms with van der Waals surface area (Å²) in [4.78, 5) is 16.3. The van der Waals surface area contributed by atoms with E-state index in [4.69, 9.17) is 0 Å². The van der Waals surface area contributed by atoms with Gasteiger partial charge in [-0.15, -0.1) is 0 Å². The van der Waals surface area contributed by atoms with Gasteiger partial charge in [-0.25, -0.2) is 0 Å². The van der Waals surface area contributed by atoms with Crippen molar-refractivity contribution in [2.45, 2.75) is 39.4 Å². The molecule has 0 unspecified atom stereocenters. The zero-order valence-corrected chi connectivity index (χ0v) is 14.3. The highest BCUT2D eigenvalue weighted by molar-refractivity contribution is 5.79. The summed E-state index contributed by atoms with van der Waals surface area (Å²) in [5, 5.41) is 0. The lowest BCUT2D eigenvalue weighted by Gasteiger charge is -2.34. The van der Waals surface area contributed by atoms with E-state index in [9.17, 15) is 18.0 Å². The normalized spacial score (nSPS) is 19.3. The highest BCUT2D eigenvalue weighted by atomic mass is 19.4. The number of carbonyl (C=O) groups excluding carboxylic acids is 1. The molecule has 0 saturated carbocycles. The van der Waals surface area contributed by atoms with Crippen LogP contribution in [0.1, 0.15) is 37.8 Å². The molecular formula is C18H25F3N2O. The number of likely N-dealkylation sites (tertiary alicyclic amines) is 1. The number of alkyl halides is 3. The van der Waals surface area contributed by atoms with Crippen LogP contribution in [-0.4, -0.2) is 41.9 Å². The van der Waals surface area contributed by atoms with Crippen LogP contribution in [0.5, 0.6) is 0 Å². The van der Waals surface area contributed by atoms with Gasteiger partial charge in [0.05, 0.1) is 11.5 Å². The van der Waals surface area contributed by atoms with E-state index in [1.807, 2.05) is 18.7 Å². The van der Waals surface area contributed by atoms with Gasteiger partial charge in [-0.3, -0.25) is 9.69 Å². The van der Waals surface area contributed by atoms with E-state index in [-0.39, 0.29) is 23.9 Å². The summed E-state index contributed by atoms with van der Waals surface area (Å²) < 4.78 is 39.4. The number of carbonyl (C=O) groups is 1. The Balaban J connectivity index is 2.08. The van der Waals surface area contributed by atoms with Gasteiger partial charge in [0.15, 0.2) is 0 Å². The summed E-state index contributed by atoms with van der Waals surface area (Å²) in [6, 6.07) is 5.69. The molecule has 24 heavy (non-hydrogen) atoms. The van der Waals surface area contributed by atoms with Crippen LogP contribution >= 0.6 is 0 Å². The smallest absolute Gasteiger partial charge is 0.343 e. The molecule has 0 spiro atoms. The van der Waals surface area contributed by atoms with Gasteiger partial charge in [-0.2, -0.15) is 13.2 Å². The number of amides is 1. The van der Waals surface area contributed by atoms with E-state index in [2.05, 4.69) is 0 Å². The number of nitrogens with zero attached hydrogens (tertiary/aromatic N) is 2. The average molecular weight is 342 g/mol. The van der Waals surface area contributed by atoms with E-state index in [1.54, 1.807) is 11.0 Å². The van der Waals surface area contributed by atoms with Crippen molar-refractivity contribution in [1.82, 2.24) is 9.80 Å². The second-order valence-electron chi connectivity index (χ2n) is 6.24. The molecule has 6 heteroatoms. The molecule has 1 saturated heterocycles. The molecule has 0 radical (unpaired) electrons. The van der Waals surface area contributed by atoms with Crippen LogP contribution in [-0.2, 0) is 17.5 Å². The standard InChI is InChI=1S/C18H25F3N2O/c1-3-23(4-2)17(24)15-9-7-11-22(13-15)12-14-8-5-6-10-16(14)18(19,20)21/h5-6,8,10,15H,3-4,7,9,11-13H2,1-2H3/t15-/m0/s1. The molecule has 0 bridgehead atoms. The predicted molar refractivity (Wildman–Crippen MR) is 87.4 cm³/mol. The third-order valence-electron chi connectivity index (χ3n) is 4.65. The second-order valence-corrected chi connectivity index (χ2v) is 6.24. The van der Waals surface area contributed by atoms with E-state index in [0.29, 0.717) is 19.6 Å². The van der Waals surface area contributed by atoms with Crippen LogP contribution < -0.4 is 0 Å². The predicted octanol–water partition coefficient (Wildman–Crippen LogP) is 3.79. The molecule has 1 aliphatic heterocycles. The number of halogens is 3. The Morgan fingerprint density at radius 1 is 1.25 bits per heavy atom. The van der Waals surface area contributed by atoms with Crippen molar-refractivity contribution in [3.63, 3.8) is 0 Å². The van der Waals surface area contributed by atoms with Gasteiger partial charge in [0.2, 0.25) is 5.91 Å². The topological polar surface area (TPSA) is 23.6 Å². The Hall–Kier alpha value is -1.56. The van der Waals surface area contributed by atoms with Crippen molar-refractivity contribution in [1.29, 1.82) is 0 Å². The van der Waals surface area contributed by atoms with Gasteiger partial charge >= 0.3 is 6.18 Å². The Bertz CT molecular complexity index is 555. The van der Waals surface area contributed by atoms with Crippen LogP contribution in [0.25, 0.3) is 0 Å². The number of benzene rings is 1. The number of rotatable bonds is 5. The summed E-state index contributed by atoms with van der Waals surface area (Å²) >= 11 is 0. The quantitative estimate of drug-likeness (QED) is 0.813. The van der Waals surface area contributed by atoms with Gasteiger partial charge in [-0.1, -0.05) is 18.2 Å². The average Bonchev–Trinajstić information content (AvgIpc) is 2.55. The SMILES string of the molecule is CCN(CC)C(=O)[C@H]1CCCN(Cc2ccccc2C(F)(F)F)C1. The van der Waals surface area contributed by atoms with Crippen LogP contribution in [0.4, 0.5) is 13.2 Å². The van der Waals surface area contributed by atoms with E-state index >= 15 is 0 Å². The van der Waals surface area contributed by atoms with Crippen molar-refractivity contribution in [2.24, 2.45) is 5.92 Å². The summed E-state index contributed by atoms with van der Waals surface area (Å²) in [6.07, 6.45) is -2.69. The molecule has 1 atom stereocenters. The lowest BCUT2D eigenvalue weighted by atomic mass is 9.95. The molecule has 2 rings (SSSR count). The molecule has 0 N–H and O–H groups in total. The molecule has 1 aromatic carbocycles. The van der Waals surface area contributed by atoms with Crippen molar-refractivity contribution < 1.29 is 18.0 Å². The number of hydrogen-bond donors (Lipinski definition) is 0. The third kappa shape index (κ3) is 4.50. The maximum atomic E-state index is 13.1. The summed E-state index contributed by atoms with van der Waals surface area (Å²) in [5.74, 6) is 0.00510. The lowest BCUT2D eigenvalue weighted by molar-refractivity contribution is -0.139. The molecule has 134 valence electrons. The Kier molecular flexibility index (Phi) is 6.27. The zero-order chi connectivity index (χ0) is 17.7. The fourth-order valence-electron chi connectivity index (χ4n) is 3.37. The van der Waals surface area contributed by atoms with Crippen LogP contribution in [0.3, 0.4) is 0 Å². The fraction of sp³-hybridized carbons (Fsp3) is 0.611. The highest BCUT2D eigenvalue weighted by Gasteiger charge is 2.34. The maximum Gasteiger partial charge on any atom is 0.416 e. The minimum atomic E-state index is -4.34. The Morgan fingerprint density at radius 3 is 2.54 bits per heavy atom. The van der Waals surface area contributed by atoms with E-state index in [0.717, 1.165) is 25.5 Å². The molecule has 1 amide bonds. The van der Waals surface area contributed by atoms with Crippen molar-refractivity contribution >= 4 is 5.91 Å². The largest absolute Gasteiger partial charge is 0.416 e. The van der Waals surface area contributed by atoms with E-state index in [1.165, 1.54) is 12.1 Å². The lowest BCUT2D eigenvalue weighted by Crippen LogP contribution is -2.44. The van der Waals surface area contributed by atoms with Gasteiger partial charge < -0.3 is 4.90 Å². The van der Waals surface area contributed by atoms with Crippen LogP contribution in [0.2, 0.25) is 0 Å². The molecule has 1 aromatic rings. The van der Waals surface area contributed by atoms with Crippen LogP contribution in [0.15, 0.2) is 24.3 Å². The maximum absolute atomic E-state index is 13.1. The van der Waals surface area contributed by atoms with Crippen molar-refractivity contribution in [3.8, 4) is 0 Å². The monoisotopic (exact) mass is 342 g/mol. The molecule has 3 nitrogen and oxygen atoms in total. The van der Waals surface area contributed by atoms with Gasteiger partial charge in [-0.05, 0) is 44.9 Å². The molecule has 0 aromatic heterocycles. The molecule has 1 fully saturated rings. The molecule has 0 aliphatic carbocycles. The highest BCUT2D eigenvalue weighted by Crippen LogP contribution is 2.33. The van der Waals surface area contributed by atoms with E-state index < -0.39 is 11.7 Å². The van der Waals surface area contributed by atoms with Gasteiger partial charge in [0, 0.05) is 26.2 Å². The summed E-state index contributed by atoms with van der Waals surface area (Å²) in [6.45, 7) is 6.72. The Labute approximate surface area is 141 Å². The molecule has 1 heterocycles. The summed E-state index contributed by atoms with van der Waals surface area (Å²) in [5.41, 5.74) is -0.303. The third-order valence-corrected chi connectivity index (χ3v) is 4.65. The number of piperidine rings is 1. The first-order chi connectivity index (χ1) is 11.4. The number of hydrogen-bond acceptors (Lipinski definition) is 2. The van der Waals surface area contributed by atoms with Crippen LogP contribution in [0, 0.1) is 5.92 Å². The second kappa shape index (κ2) is 8.01. The first-order valence-electron chi connectivity index (χ1n) is 8.53. The minimum Gasteiger partial charge on any atom is -0.343 e. The Morgan fingerprint density at radius 2 is 1.92 bits per heavy atom. The first-order valence-corrected chi connectivity index (χ1v) is 8.53.